The van der Waals surface area contributed by atoms with Crippen molar-refractivity contribution in [3.05, 3.63) is 53.9 Å². The summed E-state index contributed by atoms with van der Waals surface area (Å²) in [5.41, 5.74) is 0.944. The molecule has 3 rings (SSSR count). The Bertz CT molecular complexity index is 933. The third kappa shape index (κ3) is 3.32. The molecule has 0 aliphatic heterocycles. The molecule has 0 unspecified atom stereocenters. The summed E-state index contributed by atoms with van der Waals surface area (Å²) >= 11 is 6.13. The van der Waals surface area contributed by atoms with Crippen LogP contribution in [0, 0.1) is 0 Å². The lowest BCUT2D eigenvalue weighted by molar-refractivity contribution is -0.137. The molecule has 0 fully saturated rings. The van der Waals surface area contributed by atoms with Crippen LogP contribution in [0.25, 0.3) is 22.2 Å². The molecule has 2 heterocycles. The number of aromatic nitrogens is 2. The minimum Gasteiger partial charge on any atom is -0.461 e. The van der Waals surface area contributed by atoms with Crippen molar-refractivity contribution in [2.24, 2.45) is 0 Å². The quantitative estimate of drug-likeness (QED) is 0.617. The SMILES string of the molecule is CCOC(=O)c1cc2cc(-c3ccc(C(F)(F)F)cn3)ccc2n1Cl. The molecule has 0 amide bonds. The van der Waals surface area contributed by atoms with Crippen molar-refractivity contribution in [2.45, 2.75) is 13.1 Å². The van der Waals surface area contributed by atoms with E-state index in [9.17, 15) is 18.0 Å². The van der Waals surface area contributed by atoms with E-state index < -0.39 is 17.7 Å². The number of carbonyl (C=O) groups is 1. The number of ether oxygens (including phenoxy) is 1. The number of esters is 1. The van der Waals surface area contributed by atoms with Crippen molar-refractivity contribution >= 4 is 28.6 Å². The van der Waals surface area contributed by atoms with Crippen molar-refractivity contribution in [2.75, 3.05) is 6.61 Å². The molecular formula is C17H12ClF3N2O2. The maximum atomic E-state index is 12.6. The third-order valence-electron chi connectivity index (χ3n) is 3.61. The maximum absolute atomic E-state index is 12.6. The Morgan fingerprint density at radius 2 is 2.00 bits per heavy atom. The van der Waals surface area contributed by atoms with Crippen LogP contribution in [0.1, 0.15) is 23.0 Å². The van der Waals surface area contributed by atoms with E-state index in [0.29, 0.717) is 22.2 Å². The van der Waals surface area contributed by atoms with E-state index in [2.05, 4.69) is 4.98 Å². The molecule has 0 spiro atoms. The van der Waals surface area contributed by atoms with Crippen LogP contribution < -0.4 is 0 Å². The van der Waals surface area contributed by atoms with Gasteiger partial charge in [-0.3, -0.25) is 4.98 Å². The standard InChI is InChI=1S/C17H12ClF3N2O2/c1-2-25-16(24)15-8-11-7-10(3-6-14(11)23(15)18)13-5-4-12(9-22-13)17(19,20)21/h3-9H,2H2,1H3. The van der Waals surface area contributed by atoms with Gasteiger partial charge in [0.05, 0.1) is 23.4 Å². The van der Waals surface area contributed by atoms with Gasteiger partial charge < -0.3 is 4.74 Å². The van der Waals surface area contributed by atoms with Gasteiger partial charge in [0.2, 0.25) is 0 Å². The molecule has 0 N–H and O–H groups in total. The first-order valence-electron chi connectivity index (χ1n) is 7.33. The Morgan fingerprint density at radius 3 is 2.60 bits per heavy atom. The summed E-state index contributed by atoms with van der Waals surface area (Å²) in [6.45, 7) is 1.91. The van der Waals surface area contributed by atoms with E-state index in [1.807, 2.05) is 0 Å². The first-order valence-corrected chi connectivity index (χ1v) is 7.67. The molecule has 0 aliphatic rings. The molecule has 0 atom stereocenters. The van der Waals surface area contributed by atoms with Gasteiger partial charge in [0.1, 0.15) is 5.69 Å². The first-order chi connectivity index (χ1) is 11.8. The number of alkyl halides is 3. The smallest absolute Gasteiger partial charge is 0.417 e. The third-order valence-corrected chi connectivity index (χ3v) is 3.98. The van der Waals surface area contributed by atoms with E-state index in [0.717, 1.165) is 12.3 Å². The molecule has 2 aromatic heterocycles. The van der Waals surface area contributed by atoms with Crippen LogP contribution in [0.4, 0.5) is 13.2 Å². The molecule has 1 aromatic carbocycles. The fourth-order valence-electron chi connectivity index (χ4n) is 2.42. The second-order valence-corrected chi connectivity index (χ2v) is 5.57. The number of fused-ring (bicyclic) bond motifs is 1. The molecule has 0 bridgehead atoms. The Hall–Kier alpha value is -2.54. The van der Waals surface area contributed by atoms with E-state index in [-0.39, 0.29) is 12.3 Å². The molecular weight excluding hydrogens is 357 g/mol. The summed E-state index contributed by atoms with van der Waals surface area (Å²) in [5, 5.41) is 0.650. The number of carbonyl (C=O) groups excluding carboxylic acids is 1. The summed E-state index contributed by atoms with van der Waals surface area (Å²) in [6, 6.07) is 8.88. The van der Waals surface area contributed by atoms with Crippen molar-refractivity contribution < 1.29 is 22.7 Å². The van der Waals surface area contributed by atoms with Crippen LogP contribution in [0.2, 0.25) is 0 Å². The van der Waals surface area contributed by atoms with E-state index in [1.165, 1.54) is 10.2 Å². The maximum Gasteiger partial charge on any atom is 0.417 e. The Balaban J connectivity index is 2.00. The Labute approximate surface area is 145 Å². The van der Waals surface area contributed by atoms with Crippen LogP contribution in [-0.4, -0.2) is 21.6 Å². The second kappa shape index (κ2) is 6.40. The molecule has 130 valence electrons. The van der Waals surface area contributed by atoms with Crippen molar-refractivity contribution in [1.29, 1.82) is 0 Å². The largest absolute Gasteiger partial charge is 0.461 e. The summed E-state index contributed by atoms with van der Waals surface area (Å²) in [6.07, 6.45) is -3.64. The fraction of sp³-hybridized carbons (Fsp3) is 0.176. The molecule has 4 nitrogen and oxygen atoms in total. The lowest BCUT2D eigenvalue weighted by Gasteiger charge is -2.07. The molecule has 0 saturated heterocycles. The predicted octanol–water partition coefficient (Wildman–Crippen LogP) is 4.90. The number of rotatable bonds is 3. The van der Waals surface area contributed by atoms with Crippen LogP contribution in [0.3, 0.4) is 0 Å². The van der Waals surface area contributed by atoms with Crippen LogP contribution >= 0.6 is 11.8 Å². The number of benzene rings is 1. The zero-order valence-electron chi connectivity index (χ0n) is 13.0. The lowest BCUT2D eigenvalue weighted by atomic mass is 10.1. The van der Waals surface area contributed by atoms with Gasteiger partial charge in [-0.25, -0.2) is 8.88 Å². The van der Waals surface area contributed by atoms with Crippen LogP contribution in [0.5, 0.6) is 0 Å². The number of halogens is 4. The highest BCUT2D eigenvalue weighted by atomic mass is 35.5. The number of nitrogens with zero attached hydrogens (tertiary/aromatic N) is 2. The van der Waals surface area contributed by atoms with Crippen LogP contribution in [-0.2, 0) is 10.9 Å². The highest BCUT2D eigenvalue weighted by Crippen LogP contribution is 2.31. The molecule has 0 saturated carbocycles. The minimum absolute atomic E-state index is 0.177. The van der Waals surface area contributed by atoms with Gasteiger partial charge in [-0.15, -0.1) is 0 Å². The fourth-order valence-corrected chi connectivity index (χ4v) is 2.69. The van der Waals surface area contributed by atoms with Crippen molar-refractivity contribution in [3.63, 3.8) is 0 Å². The van der Waals surface area contributed by atoms with E-state index in [1.54, 1.807) is 31.2 Å². The number of pyridine rings is 1. The molecule has 3 aromatic rings. The van der Waals surface area contributed by atoms with Gasteiger partial charge in [0, 0.05) is 28.9 Å². The lowest BCUT2D eigenvalue weighted by Crippen LogP contribution is -2.07. The molecule has 0 aliphatic carbocycles. The van der Waals surface area contributed by atoms with E-state index in [4.69, 9.17) is 16.5 Å². The summed E-state index contributed by atoms with van der Waals surface area (Å²) < 4.78 is 44.0. The Kier molecular flexibility index (Phi) is 4.43. The predicted molar refractivity (Wildman–Crippen MR) is 87.4 cm³/mol. The van der Waals surface area contributed by atoms with Gasteiger partial charge in [-0.2, -0.15) is 13.2 Å². The Morgan fingerprint density at radius 1 is 1.24 bits per heavy atom. The molecule has 25 heavy (non-hydrogen) atoms. The van der Waals surface area contributed by atoms with Gasteiger partial charge >= 0.3 is 12.1 Å². The summed E-state index contributed by atoms with van der Waals surface area (Å²) in [4.78, 5) is 15.7. The first kappa shape index (κ1) is 17.3. The normalized spacial score (nSPS) is 11.7. The molecule has 0 radical (unpaired) electrons. The number of hydrogen-bond donors (Lipinski definition) is 0. The second-order valence-electron chi connectivity index (χ2n) is 5.23. The van der Waals surface area contributed by atoms with Gasteiger partial charge in [-0.05, 0) is 37.3 Å². The highest BCUT2D eigenvalue weighted by Gasteiger charge is 2.30. The van der Waals surface area contributed by atoms with E-state index >= 15 is 0 Å². The molecule has 8 heteroatoms. The van der Waals surface area contributed by atoms with Crippen molar-refractivity contribution in [3.8, 4) is 11.3 Å². The average molecular weight is 369 g/mol. The minimum atomic E-state index is -4.43. The summed E-state index contributed by atoms with van der Waals surface area (Å²) in [7, 11) is 0. The van der Waals surface area contributed by atoms with Crippen molar-refractivity contribution in [1.82, 2.24) is 9.07 Å². The van der Waals surface area contributed by atoms with Gasteiger partial charge in [-0.1, -0.05) is 6.07 Å². The summed E-state index contributed by atoms with van der Waals surface area (Å²) in [5.74, 6) is -0.553. The number of hydrogen-bond acceptors (Lipinski definition) is 3. The zero-order valence-corrected chi connectivity index (χ0v) is 13.7. The monoisotopic (exact) mass is 368 g/mol. The van der Waals surface area contributed by atoms with Gasteiger partial charge in [0.25, 0.3) is 0 Å². The topological polar surface area (TPSA) is 44.1 Å². The highest BCUT2D eigenvalue weighted by molar-refractivity contribution is 6.22. The van der Waals surface area contributed by atoms with Crippen LogP contribution in [0.15, 0.2) is 42.6 Å². The average Bonchev–Trinajstić information content (AvgIpc) is 2.91. The zero-order chi connectivity index (χ0) is 18.2. The van der Waals surface area contributed by atoms with Gasteiger partial charge in [0.15, 0.2) is 0 Å².